The van der Waals surface area contributed by atoms with Gasteiger partial charge in [-0.05, 0) is 58.0 Å². The van der Waals surface area contributed by atoms with E-state index in [1.165, 1.54) is 23.5 Å². The highest BCUT2D eigenvalue weighted by Gasteiger charge is 2.31. The van der Waals surface area contributed by atoms with E-state index in [0.29, 0.717) is 5.56 Å². The molecule has 0 aliphatic carbocycles. The van der Waals surface area contributed by atoms with Crippen LogP contribution in [-0.4, -0.2) is 6.54 Å². The molecule has 2 aromatic rings. The molecule has 1 aromatic carbocycles. The molecule has 0 fully saturated rings. The average Bonchev–Trinajstić information content (AvgIpc) is 2.85. The fourth-order valence-corrected chi connectivity index (χ4v) is 3.76. The van der Waals surface area contributed by atoms with Gasteiger partial charge in [0.1, 0.15) is 0 Å². The third-order valence-electron chi connectivity index (χ3n) is 3.05. The van der Waals surface area contributed by atoms with Crippen molar-refractivity contribution in [2.45, 2.75) is 25.6 Å². The van der Waals surface area contributed by atoms with E-state index in [1.54, 1.807) is 6.07 Å². The fraction of sp³-hybridized carbons (Fsp3) is 0.333. The summed E-state index contributed by atoms with van der Waals surface area (Å²) >= 11 is 4.99. The number of thiophene rings is 1. The molecule has 0 bridgehead atoms. The Morgan fingerprint density at radius 2 is 2.05 bits per heavy atom. The minimum Gasteiger partial charge on any atom is -0.306 e. The van der Waals surface area contributed by atoms with Crippen LogP contribution in [-0.2, 0) is 6.18 Å². The van der Waals surface area contributed by atoms with E-state index in [0.717, 1.165) is 28.4 Å². The number of hydrogen-bond acceptors (Lipinski definition) is 2. The standard InChI is InChI=1S/C15H15BrF3NS/c1-2-7-20-13(14-12(16)6-8-21-14)10-4-3-5-11(9-10)15(17,18)19/h3-6,8-9,13,20H,2,7H2,1H3. The van der Waals surface area contributed by atoms with Gasteiger partial charge in [0.25, 0.3) is 0 Å². The summed E-state index contributed by atoms with van der Waals surface area (Å²) in [7, 11) is 0. The minimum absolute atomic E-state index is 0.235. The van der Waals surface area contributed by atoms with E-state index < -0.39 is 11.7 Å². The predicted octanol–water partition coefficient (Wildman–Crippen LogP) is 5.62. The summed E-state index contributed by atoms with van der Waals surface area (Å²) in [6.45, 7) is 2.77. The Kier molecular flexibility index (Phi) is 5.46. The van der Waals surface area contributed by atoms with E-state index in [-0.39, 0.29) is 6.04 Å². The van der Waals surface area contributed by atoms with Crippen molar-refractivity contribution in [1.82, 2.24) is 5.32 Å². The number of halogens is 4. The molecule has 1 unspecified atom stereocenters. The van der Waals surface area contributed by atoms with Crippen LogP contribution in [0.2, 0.25) is 0 Å². The van der Waals surface area contributed by atoms with Crippen LogP contribution in [0.3, 0.4) is 0 Å². The molecule has 0 saturated carbocycles. The molecule has 21 heavy (non-hydrogen) atoms. The normalized spacial score (nSPS) is 13.4. The molecule has 0 aliphatic heterocycles. The lowest BCUT2D eigenvalue weighted by molar-refractivity contribution is -0.137. The Morgan fingerprint density at radius 3 is 2.62 bits per heavy atom. The van der Waals surface area contributed by atoms with Crippen LogP contribution < -0.4 is 5.32 Å². The summed E-state index contributed by atoms with van der Waals surface area (Å²) in [5, 5.41) is 5.24. The third kappa shape index (κ3) is 4.08. The van der Waals surface area contributed by atoms with Crippen molar-refractivity contribution >= 4 is 27.3 Å². The predicted molar refractivity (Wildman–Crippen MR) is 83.6 cm³/mol. The van der Waals surface area contributed by atoms with Crippen LogP contribution >= 0.6 is 27.3 Å². The van der Waals surface area contributed by atoms with Crippen molar-refractivity contribution in [3.8, 4) is 0 Å². The molecular formula is C15H15BrF3NS. The Morgan fingerprint density at radius 1 is 1.29 bits per heavy atom. The highest BCUT2D eigenvalue weighted by Crippen LogP contribution is 2.36. The highest BCUT2D eigenvalue weighted by atomic mass is 79.9. The summed E-state index contributed by atoms with van der Waals surface area (Å²) in [5.74, 6) is 0. The summed E-state index contributed by atoms with van der Waals surface area (Å²) in [4.78, 5) is 0.989. The zero-order valence-corrected chi connectivity index (χ0v) is 13.8. The van der Waals surface area contributed by atoms with Crippen LogP contribution in [0.15, 0.2) is 40.2 Å². The van der Waals surface area contributed by atoms with Crippen molar-refractivity contribution in [2.75, 3.05) is 6.54 Å². The summed E-state index contributed by atoms with van der Waals surface area (Å²) in [5.41, 5.74) is 0.0115. The van der Waals surface area contributed by atoms with Gasteiger partial charge >= 0.3 is 6.18 Å². The molecule has 2 rings (SSSR count). The Balaban J connectivity index is 2.40. The maximum atomic E-state index is 12.9. The van der Waals surface area contributed by atoms with E-state index in [9.17, 15) is 13.2 Å². The van der Waals surface area contributed by atoms with Gasteiger partial charge in [0.2, 0.25) is 0 Å². The maximum Gasteiger partial charge on any atom is 0.416 e. The molecule has 1 N–H and O–H groups in total. The molecule has 1 atom stereocenters. The van der Waals surface area contributed by atoms with Gasteiger partial charge in [-0.2, -0.15) is 13.2 Å². The summed E-state index contributed by atoms with van der Waals surface area (Å²) in [6.07, 6.45) is -3.41. The van der Waals surface area contributed by atoms with Crippen molar-refractivity contribution < 1.29 is 13.2 Å². The first kappa shape index (κ1) is 16.5. The topological polar surface area (TPSA) is 12.0 Å². The SMILES string of the molecule is CCCNC(c1cccc(C(F)(F)F)c1)c1sccc1Br. The molecule has 1 heterocycles. The number of rotatable bonds is 5. The van der Waals surface area contributed by atoms with Gasteiger partial charge in [0, 0.05) is 9.35 Å². The van der Waals surface area contributed by atoms with Gasteiger partial charge in [-0.3, -0.25) is 0 Å². The number of benzene rings is 1. The summed E-state index contributed by atoms with van der Waals surface area (Å²) in [6, 6.07) is 7.19. The number of nitrogens with one attached hydrogen (secondary N) is 1. The number of alkyl halides is 3. The largest absolute Gasteiger partial charge is 0.416 e. The highest BCUT2D eigenvalue weighted by molar-refractivity contribution is 9.10. The summed E-state index contributed by atoms with van der Waals surface area (Å²) < 4.78 is 39.5. The zero-order valence-electron chi connectivity index (χ0n) is 11.4. The molecule has 114 valence electrons. The van der Waals surface area contributed by atoms with Crippen LogP contribution in [0.4, 0.5) is 13.2 Å². The molecule has 1 aromatic heterocycles. The van der Waals surface area contributed by atoms with E-state index >= 15 is 0 Å². The third-order valence-corrected chi connectivity index (χ3v) is 4.99. The van der Waals surface area contributed by atoms with E-state index in [1.807, 2.05) is 18.4 Å². The lowest BCUT2D eigenvalue weighted by Crippen LogP contribution is -2.23. The van der Waals surface area contributed by atoms with Gasteiger partial charge in [-0.1, -0.05) is 19.1 Å². The lowest BCUT2D eigenvalue weighted by atomic mass is 10.0. The van der Waals surface area contributed by atoms with Crippen molar-refractivity contribution in [3.63, 3.8) is 0 Å². The quantitative estimate of drug-likeness (QED) is 0.712. The van der Waals surface area contributed by atoms with Crippen molar-refractivity contribution in [3.05, 3.63) is 56.2 Å². The second kappa shape index (κ2) is 6.94. The fourth-order valence-electron chi connectivity index (χ4n) is 2.06. The second-order valence-corrected chi connectivity index (χ2v) is 6.45. The van der Waals surface area contributed by atoms with Crippen LogP contribution in [0.25, 0.3) is 0 Å². The molecule has 0 radical (unpaired) electrons. The Bertz CT molecular complexity index is 595. The van der Waals surface area contributed by atoms with E-state index in [2.05, 4.69) is 21.2 Å². The monoisotopic (exact) mass is 377 g/mol. The number of hydrogen-bond donors (Lipinski definition) is 1. The van der Waals surface area contributed by atoms with Crippen molar-refractivity contribution in [1.29, 1.82) is 0 Å². The van der Waals surface area contributed by atoms with Crippen LogP contribution in [0.1, 0.15) is 35.4 Å². The Labute approximate surface area is 134 Å². The molecular weight excluding hydrogens is 363 g/mol. The van der Waals surface area contributed by atoms with Crippen LogP contribution in [0, 0.1) is 0 Å². The minimum atomic E-state index is -4.32. The zero-order chi connectivity index (χ0) is 15.5. The average molecular weight is 378 g/mol. The molecule has 0 saturated heterocycles. The molecule has 1 nitrogen and oxygen atoms in total. The first-order valence-electron chi connectivity index (χ1n) is 6.57. The molecule has 6 heteroatoms. The maximum absolute atomic E-state index is 12.9. The smallest absolute Gasteiger partial charge is 0.306 e. The van der Waals surface area contributed by atoms with Gasteiger partial charge < -0.3 is 5.32 Å². The van der Waals surface area contributed by atoms with Gasteiger partial charge in [-0.15, -0.1) is 11.3 Å². The molecule has 0 spiro atoms. The Hall–Kier alpha value is -0.850. The van der Waals surface area contributed by atoms with Gasteiger partial charge in [0.05, 0.1) is 11.6 Å². The van der Waals surface area contributed by atoms with Gasteiger partial charge in [0.15, 0.2) is 0 Å². The second-order valence-electron chi connectivity index (χ2n) is 4.64. The first-order valence-corrected chi connectivity index (χ1v) is 8.24. The van der Waals surface area contributed by atoms with E-state index in [4.69, 9.17) is 0 Å². The van der Waals surface area contributed by atoms with Crippen molar-refractivity contribution in [2.24, 2.45) is 0 Å². The first-order chi connectivity index (χ1) is 9.93. The molecule has 0 aliphatic rings. The van der Waals surface area contributed by atoms with Gasteiger partial charge in [-0.25, -0.2) is 0 Å². The van der Waals surface area contributed by atoms with Crippen LogP contribution in [0.5, 0.6) is 0 Å². The molecule has 0 amide bonds. The lowest BCUT2D eigenvalue weighted by Gasteiger charge is -2.20.